The fourth-order valence-electron chi connectivity index (χ4n) is 2.06. The maximum absolute atomic E-state index is 12.0. The summed E-state index contributed by atoms with van der Waals surface area (Å²) in [4.78, 5) is 0. The molecule has 0 N–H and O–H groups in total. The van der Waals surface area contributed by atoms with Crippen molar-refractivity contribution in [2.75, 3.05) is 11.9 Å². The van der Waals surface area contributed by atoms with Crippen molar-refractivity contribution in [2.45, 2.75) is 25.4 Å². The van der Waals surface area contributed by atoms with Gasteiger partial charge in [0.05, 0.1) is 33.1 Å². The van der Waals surface area contributed by atoms with E-state index in [1.165, 1.54) is 0 Å². The Labute approximate surface area is 160 Å². The molecule has 0 aliphatic rings. The average Bonchev–Trinajstić information content (AvgIpc) is 2.62. The van der Waals surface area contributed by atoms with Crippen LogP contribution in [0.25, 0.3) is 0 Å². The minimum atomic E-state index is -2.44. The van der Waals surface area contributed by atoms with E-state index in [0.29, 0.717) is 11.5 Å². The van der Waals surface area contributed by atoms with Crippen molar-refractivity contribution in [3.05, 3.63) is 70.8 Å². The first-order valence-electron chi connectivity index (χ1n) is 7.96. The molecule has 2 aromatic carbocycles. The van der Waals surface area contributed by atoms with Crippen molar-refractivity contribution >= 4 is 29.9 Å². The first-order valence-corrected chi connectivity index (χ1v) is 12.0. The van der Waals surface area contributed by atoms with Crippen LogP contribution >= 0.6 is 8.25 Å². The van der Waals surface area contributed by atoms with Crippen LogP contribution in [0.3, 0.4) is 0 Å². The summed E-state index contributed by atoms with van der Waals surface area (Å²) in [5.41, 5.74) is 4.11. The van der Waals surface area contributed by atoms with Gasteiger partial charge in [0.25, 0.3) is 0 Å². The Balaban J connectivity index is 1.66. The van der Waals surface area contributed by atoms with Gasteiger partial charge in [0.2, 0.25) is 0 Å². The van der Waals surface area contributed by atoms with Crippen LogP contribution in [0.15, 0.2) is 48.5 Å². The third-order valence-corrected chi connectivity index (χ3v) is 6.58. The molecule has 2 atom stereocenters. The van der Waals surface area contributed by atoms with E-state index in [0.717, 1.165) is 22.3 Å². The predicted octanol–water partition coefficient (Wildman–Crippen LogP) is 4.11. The Morgan fingerprint density at radius 3 is 1.42 bits per heavy atom. The molecule has 0 amide bonds. The number of hydrogen-bond donors (Lipinski definition) is 0. The Hall–Kier alpha value is -1.24. The lowest BCUT2D eigenvalue weighted by atomic mass is 10.2. The zero-order valence-corrected chi connectivity index (χ0v) is 17.3. The van der Waals surface area contributed by atoms with E-state index in [2.05, 4.69) is 0 Å². The highest BCUT2D eigenvalue weighted by atomic mass is 32.2. The fourth-order valence-corrected chi connectivity index (χ4v) is 5.06. The van der Waals surface area contributed by atoms with Crippen LogP contribution in [0.1, 0.15) is 22.3 Å². The number of rotatable bonds is 10. The van der Waals surface area contributed by atoms with Crippen LogP contribution in [0.2, 0.25) is 0 Å². The molecular formula is C18H22O5PS2+. The van der Waals surface area contributed by atoms with Crippen molar-refractivity contribution in [2.24, 2.45) is 0 Å². The van der Waals surface area contributed by atoms with Crippen LogP contribution in [-0.2, 0) is 46.7 Å². The maximum atomic E-state index is 12.0. The van der Waals surface area contributed by atoms with E-state index in [1.807, 2.05) is 62.4 Å². The zero-order valence-electron chi connectivity index (χ0n) is 14.8. The summed E-state index contributed by atoms with van der Waals surface area (Å²) in [5.74, 6) is 0.271. The van der Waals surface area contributed by atoms with E-state index in [-0.39, 0.29) is 11.9 Å². The molecule has 26 heavy (non-hydrogen) atoms. The SMILES string of the molecule is Cc1ccc(C[S@](=O)CO[P+](=O)OC[S@@](=O)Cc2ccc(C)cc2)cc1. The van der Waals surface area contributed by atoms with Gasteiger partial charge in [-0.3, -0.25) is 8.42 Å². The van der Waals surface area contributed by atoms with Gasteiger partial charge in [-0.05, 0) is 25.0 Å². The lowest BCUT2D eigenvalue weighted by Crippen LogP contribution is -2.05. The normalized spacial score (nSPS) is 13.3. The van der Waals surface area contributed by atoms with Crippen molar-refractivity contribution < 1.29 is 22.0 Å². The third-order valence-electron chi connectivity index (χ3n) is 3.48. The van der Waals surface area contributed by atoms with Gasteiger partial charge >= 0.3 is 8.25 Å². The highest BCUT2D eigenvalue weighted by Gasteiger charge is 2.23. The lowest BCUT2D eigenvalue weighted by molar-refractivity contribution is 0.280. The maximum Gasteiger partial charge on any atom is 0.699 e. The molecule has 140 valence electrons. The van der Waals surface area contributed by atoms with Gasteiger partial charge in [0, 0.05) is 4.57 Å². The second-order valence-corrected chi connectivity index (χ2v) is 9.63. The molecule has 0 bridgehead atoms. The minimum Gasteiger partial charge on any atom is -0.257 e. The van der Waals surface area contributed by atoms with Crippen LogP contribution in [0.4, 0.5) is 0 Å². The molecule has 0 fully saturated rings. The van der Waals surface area contributed by atoms with Crippen molar-refractivity contribution in [3.63, 3.8) is 0 Å². The number of aryl methyl sites for hydroxylation is 2. The molecule has 0 aromatic heterocycles. The van der Waals surface area contributed by atoms with Gasteiger partial charge in [0.15, 0.2) is 11.9 Å². The van der Waals surface area contributed by atoms with E-state index < -0.39 is 29.9 Å². The Morgan fingerprint density at radius 1 is 0.731 bits per heavy atom. The summed E-state index contributed by atoms with van der Waals surface area (Å²) < 4.78 is 45.5. The second kappa shape index (κ2) is 10.8. The van der Waals surface area contributed by atoms with Crippen molar-refractivity contribution in [1.82, 2.24) is 0 Å². The largest absolute Gasteiger partial charge is 0.699 e. The Bertz CT molecular complexity index is 710. The zero-order chi connectivity index (χ0) is 18.9. The van der Waals surface area contributed by atoms with Crippen LogP contribution in [0, 0.1) is 13.8 Å². The quantitative estimate of drug-likeness (QED) is 0.549. The first-order chi connectivity index (χ1) is 12.4. The standard InChI is InChI=1S/C18H22O5PS2/c1-15-3-7-17(8-4-15)11-25(20)13-22-24(19)23-14-26(21)12-18-9-5-16(2)6-10-18/h3-10H,11-14H2,1-2H3/q+1/t25-,26-/m0/s1. The molecular weight excluding hydrogens is 391 g/mol. The summed E-state index contributed by atoms with van der Waals surface area (Å²) in [6.45, 7) is 3.96. The van der Waals surface area contributed by atoms with Crippen LogP contribution in [-0.4, -0.2) is 20.3 Å². The molecule has 0 aliphatic heterocycles. The number of benzene rings is 2. The Kier molecular flexibility index (Phi) is 8.75. The molecule has 8 heteroatoms. The predicted molar refractivity (Wildman–Crippen MR) is 106 cm³/mol. The average molecular weight is 413 g/mol. The van der Waals surface area contributed by atoms with Crippen LogP contribution in [0.5, 0.6) is 0 Å². The van der Waals surface area contributed by atoms with Gasteiger partial charge in [0.1, 0.15) is 0 Å². The molecule has 0 aliphatic carbocycles. The highest BCUT2D eigenvalue weighted by Crippen LogP contribution is 2.25. The van der Waals surface area contributed by atoms with Crippen molar-refractivity contribution in [1.29, 1.82) is 0 Å². The van der Waals surface area contributed by atoms with Crippen LogP contribution < -0.4 is 0 Å². The lowest BCUT2D eigenvalue weighted by Gasteiger charge is -2.01. The summed E-state index contributed by atoms with van der Waals surface area (Å²) in [6, 6.07) is 15.4. The molecule has 0 radical (unpaired) electrons. The van der Waals surface area contributed by atoms with Crippen molar-refractivity contribution in [3.8, 4) is 0 Å². The summed E-state index contributed by atoms with van der Waals surface area (Å²) in [7, 11) is -5.06. The summed E-state index contributed by atoms with van der Waals surface area (Å²) >= 11 is 0. The molecule has 2 aromatic rings. The molecule has 0 unspecified atom stereocenters. The van der Waals surface area contributed by atoms with E-state index in [4.69, 9.17) is 9.05 Å². The molecule has 0 saturated carbocycles. The Morgan fingerprint density at radius 2 is 1.08 bits per heavy atom. The van der Waals surface area contributed by atoms with Gasteiger partial charge in [-0.15, -0.1) is 9.05 Å². The van der Waals surface area contributed by atoms with Gasteiger partial charge in [-0.1, -0.05) is 59.7 Å². The molecule has 2 rings (SSSR count). The molecule has 0 spiro atoms. The smallest absolute Gasteiger partial charge is 0.257 e. The van der Waals surface area contributed by atoms with Gasteiger partial charge < -0.3 is 0 Å². The first kappa shape index (κ1) is 21.1. The van der Waals surface area contributed by atoms with Gasteiger partial charge in [-0.2, -0.15) is 0 Å². The topological polar surface area (TPSA) is 69.7 Å². The summed E-state index contributed by atoms with van der Waals surface area (Å²) in [5, 5.41) is 0. The minimum absolute atomic E-state index is 0.187. The second-order valence-electron chi connectivity index (χ2n) is 5.86. The molecule has 0 saturated heterocycles. The highest BCUT2D eigenvalue weighted by molar-refractivity contribution is 7.84. The van der Waals surface area contributed by atoms with E-state index in [9.17, 15) is 13.0 Å². The van der Waals surface area contributed by atoms with E-state index in [1.54, 1.807) is 0 Å². The third kappa shape index (κ3) is 7.98. The molecule has 0 heterocycles. The number of hydrogen-bond acceptors (Lipinski definition) is 5. The van der Waals surface area contributed by atoms with E-state index >= 15 is 0 Å². The summed E-state index contributed by atoms with van der Waals surface area (Å²) in [6.07, 6.45) is 0. The van der Waals surface area contributed by atoms with Gasteiger partial charge in [-0.25, -0.2) is 0 Å². The molecule has 5 nitrogen and oxygen atoms in total. The monoisotopic (exact) mass is 413 g/mol. The fraction of sp³-hybridized carbons (Fsp3) is 0.333.